The molecule has 2 aromatic heterocycles. The molecule has 1 N–H and O–H groups in total. The van der Waals surface area contributed by atoms with Gasteiger partial charge in [0.15, 0.2) is 17.5 Å². The molecule has 0 unspecified atom stereocenters. The lowest BCUT2D eigenvalue weighted by Gasteiger charge is -2.21. The summed E-state index contributed by atoms with van der Waals surface area (Å²) in [7, 11) is 0. The Bertz CT molecular complexity index is 859. The molecule has 1 atom stereocenters. The number of nitrogens with zero attached hydrogens (tertiary/aromatic N) is 6. The highest BCUT2D eigenvalue weighted by atomic mass is 16.6. The molecule has 1 aliphatic rings. The number of rotatable bonds is 4. The molecule has 2 heterocycles. The summed E-state index contributed by atoms with van der Waals surface area (Å²) in [5.41, 5.74) is -0.359. The molecule has 0 aliphatic heterocycles. The summed E-state index contributed by atoms with van der Waals surface area (Å²) in [5, 5.41) is 16.4. The van der Waals surface area contributed by atoms with E-state index in [0.29, 0.717) is 17.6 Å². The summed E-state index contributed by atoms with van der Waals surface area (Å²) >= 11 is 0. The smallest absolute Gasteiger partial charge is 0.408 e. The van der Waals surface area contributed by atoms with Crippen molar-refractivity contribution in [3.8, 4) is 11.9 Å². The molecule has 1 amide bonds. The van der Waals surface area contributed by atoms with Gasteiger partial charge < -0.3 is 10.1 Å². The average Bonchev–Trinajstić information content (AvgIpc) is 3.31. The van der Waals surface area contributed by atoms with E-state index in [1.807, 2.05) is 6.07 Å². The minimum absolute atomic E-state index is 0.233. The monoisotopic (exact) mass is 355 g/mol. The van der Waals surface area contributed by atoms with Crippen molar-refractivity contribution in [3.63, 3.8) is 0 Å². The van der Waals surface area contributed by atoms with E-state index in [1.54, 1.807) is 32.4 Å². The molecule has 26 heavy (non-hydrogen) atoms. The van der Waals surface area contributed by atoms with Crippen LogP contribution in [0.15, 0.2) is 12.4 Å². The summed E-state index contributed by atoms with van der Waals surface area (Å²) in [4.78, 5) is 24.7. The van der Waals surface area contributed by atoms with Gasteiger partial charge in [0.2, 0.25) is 0 Å². The van der Waals surface area contributed by atoms with Crippen LogP contribution in [-0.2, 0) is 4.74 Å². The molecule has 0 aromatic carbocycles. The first-order valence-electron chi connectivity index (χ1n) is 8.45. The molecule has 9 heteroatoms. The van der Waals surface area contributed by atoms with Gasteiger partial charge in [0.05, 0.1) is 6.04 Å². The van der Waals surface area contributed by atoms with Gasteiger partial charge in [-0.25, -0.2) is 19.7 Å². The van der Waals surface area contributed by atoms with Crippen LogP contribution in [0.3, 0.4) is 0 Å². The number of ether oxygens (including phenoxy) is 1. The molecule has 1 aliphatic carbocycles. The van der Waals surface area contributed by atoms with Crippen molar-refractivity contribution in [2.75, 3.05) is 0 Å². The van der Waals surface area contributed by atoms with Gasteiger partial charge in [0.25, 0.3) is 0 Å². The standard InChI is InChI=1S/C17H21N7O2/c1-10(21-16(25)26-17(2,3)4)15-22-14(11-5-6-11)23-24(15)13-7-12(8-18)19-9-20-13/h7,9-11H,5-6H2,1-4H3,(H,21,25)/t10-/m0/s1. The topological polar surface area (TPSA) is 119 Å². The van der Waals surface area contributed by atoms with Gasteiger partial charge in [-0.1, -0.05) is 0 Å². The Morgan fingerprint density at radius 3 is 2.77 bits per heavy atom. The highest BCUT2D eigenvalue weighted by Crippen LogP contribution is 2.38. The molecule has 1 saturated carbocycles. The van der Waals surface area contributed by atoms with Crippen molar-refractivity contribution >= 4 is 6.09 Å². The maximum Gasteiger partial charge on any atom is 0.408 e. The molecule has 0 radical (unpaired) electrons. The highest BCUT2D eigenvalue weighted by Gasteiger charge is 2.31. The summed E-state index contributed by atoms with van der Waals surface area (Å²) in [6.07, 6.45) is 2.87. The minimum Gasteiger partial charge on any atom is -0.444 e. The third-order valence-electron chi connectivity index (χ3n) is 3.70. The van der Waals surface area contributed by atoms with E-state index in [4.69, 9.17) is 10.00 Å². The van der Waals surface area contributed by atoms with E-state index in [9.17, 15) is 4.79 Å². The Morgan fingerprint density at radius 1 is 1.42 bits per heavy atom. The Kier molecular flexibility index (Phi) is 4.59. The van der Waals surface area contributed by atoms with Gasteiger partial charge in [0.1, 0.15) is 23.7 Å². The average molecular weight is 355 g/mol. The first-order valence-corrected chi connectivity index (χ1v) is 8.45. The molecule has 9 nitrogen and oxygen atoms in total. The summed E-state index contributed by atoms with van der Waals surface area (Å²) < 4.78 is 6.86. The molecule has 136 valence electrons. The fourth-order valence-corrected chi connectivity index (χ4v) is 2.38. The van der Waals surface area contributed by atoms with E-state index >= 15 is 0 Å². The first kappa shape index (κ1) is 17.8. The maximum atomic E-state index is 12.1. The van der Waals surface area contributed by atoms with Crippen LogP contribution < -0.4 is 5.32 Å². The molecule has 1 fully saturated rings. The van der Waals surface area contributed by atoms with Gasteiger partial charge in [-0.05, 0) is 40.5 Å². The second kappa shape index (κ2) is 6.71. The fourth-order valence-electron chi connectivity index (χ4n) is 2.38. The maximum absolute atomic E-state index is 12.1. The van der Waals surface area contributed by atoms with Crippen molar-refractivity contribution < 1.29 is 9.53 Å². The number of aromatic nitrogens is 5. The van der Waals surface area contributed by atoms with Gasteiger partial charge in [-0.15, -0.1) is 5.10 Å². The lowest BCUT2D eigenvalue weighted by Crippen LogP contribution is -2.35. The van der Waals surface area contributed by atoms with Crippen molar-refractivity contribution in [2.24, 2.45) is 0 Å². The zero-order valence-electron chi connectivity index (χ0n) is 15.2. The second-order valence-electron chi connectivity index (χ2n) is 7.26. The highest BCUT2D eigenvalue weighted by molar-refractivity contribution is 5.68. The van der Waals surface area contributed by atoms with Crippen molar-refractivity contribution in [2.45, 2.75) is 58.1 Å². The molecular weight excluding hydrogens is 334 g/mol. The zero-order valence-corrected chi connectivity index (χ0v) is 15.2. The van der Waals surface area contributed by atoms with Crippen LogP contribution in [0.2, 0.25) is 0 Å². The third-order valence-corrected chi connectivity index (χ3v) is 3.70. The van der Waals surface area contributed by atoms with Gasteiger partial charge >= 0.3 is 6.09 Å². The summed E-state index contributed by atoms with van der Waals surface area (Å²) in [5.74, 6) is 2.01. The van der Waals surface area contributed by atoms with E-state index in [0.717, 1.165) is 18.7 Å². The molecular formula is C17H21N7O2. The largest absolute Gasteiger partial charge is 0.444 e. The Balaban J connectivity index is 1.90. The summed E-state index contributed by atoms with van der Waals surface area (Å²) in [6.45, 7) is 7.20. The van der Waals surface area contributed by atoms with Crippen LogP contribution in [0.1, 0.15) is 69.8 Å². The summed E-state index contributed by atoms with van der Waals surface area (Å²) in [6, 6.07) is 3.07. The van der Waals surface area contributed by atoms with Crippen LogP contribution >= 0.6 is 0 Å². The molecule has 2 aromatic rings. The Hall–Kier alpha value is -3.02. The van der Waals surface area contributed by atoms with E-state index in [-0.39, 0.29) is 5.69 Å². The van der Waals surface area contributed by atoms with Crippen molar-refractivity contribution in [3.05, 3.63) is 29.7 Å². The SMILES string of the molecule is C[C@H](NC(=O)OC(C)(C)C)c1nc(C2CC2)nn1-c1cc(C#N)ncn1. The fraction of sp³-hybridized carbons (Fsp3) is 0.529. The van der Waals surface area contributed by atoms with E-state index < -0.39 is 17.7 Å². The minimum atomic E-state index is -0.592. The van der Waals surface area contributed by atoms with Crippen LogP contribution in [0.25, 0.3) is 5.82 Å². The zero-order chi connectivity index (χ0) is 18.9. The van der Waals surface area contributed by atoms with Crippen molar-refractivity contribution in [1.29, 1.82) is 5.26 Å². The third kappa shape index (κ3) is 4.14. The number of nitriles is 1. The quantitative estimate of drug-likeness (QED) is 0.894. The van der Waals surface area contributed by atoms with E-state index in [2.05, 4.69) is 25.4 Å². The predicted molar refractivity (Wildman–Crippen MR) is 91.4 cm³/mol. The van der Waals surface area contributed by atoms with Gasteiger partial charge in [-0.2, -0.15) is 9.94 Å². The molecule has 3 rings (SSSR count). The number of amides is 1. The number of hydrogen-bond donors (Lipinski definition) is 1. The number of nitrogens with one attached hydrogen (secondary N) is 1. The number of carbonyl (C=O) groups excluding carboxylic acids is 1. The van der Waals surface area contributed by atoms with Gasteiger partial charge in [-0.3, -0.25) is 0 Å². The lowest BCUT2D eigenvalue weighted by molar-refractivity contribution is 0.0505. The first-order chi connectivity index (χ1) is 12.3. The van der Waals surface area contributed by atoms with Crippen molar-refractivity contribution in [1.82, 2.24) is 30.0 Å². The number of hydrogen-bond acceptors (Lipinski definition) is 7. The normalized spacial score (nSPS) is 15.2. The molecule has 0 saturated heterocycles. The molecule has 0 bridgehead atoms. The second-order valence-corrected chi connectivity index (χ2v) is 7.26. The van der Waals surface area contributed by atoms with E-state index in [1.165, 1.54) is 12.4 Å². The Labute approximate surface area is 151 Å². The van der Waals surface area contributed by atoms with Gasteiger partial charge in [0, 0.05) is 12.0 Å². The lowest BCUT2D eigenvalue weighted by atomic mass is 10.2. The Morgan fingerprint density at radius 2 is 2.15 bits per heavy atom. The van der Waals surface area contributed by atoms with Crippen LogP contribution in [0.5, 0.6) is 0 Å². The van der Waals surface area contributed by atoms with Crippen LogP contribution in [0.4, 0.5) is 4.79 Å². The predicted octanol–water partition coefficient (Wildman–Crippen LogP) is 2.39. The molecule has 0 spiro atoms. The van der Waals surface area contributed by atoms with Crippen LogP contribution in [-0.4, -0.2) is 36.4 Å². The van der Waals surface area contributed by atoms with Crippen LogP contribution in [0, 0.1) is 11.3 Å². The number of carbonyl (C=O) groups is 1. The number of alkyl carbamates (subject to hydrolysis) is 1.